The van der Waals surface area contributed by atoms with Crippen molar-refractivity contribution in [2.75, 3.05) is 0 Å². The average molecular weight is 192 g/mol. The highest BCUT2D eigenvalue weighted by atomic mass is 19.1. The first-order valence-corrected chi connectivity index (χ1v) is 3.72. The van der Waals surface area contributed by atoms with Crippen molar-refractivity contribution < 1.29 is 9.18 Å². The summed E-state index contributed by atoms with van der Waals surface area (Å²) >= 11 is 0. The number of halogens is 1. The molecule has 1 rings (SSSR count). The maximum Gasteiger partial charge on any atom is 0.179 e. The molecule has 0 unspecified atom stereocenters. The lowest BCUT2D eigenvalue weighted by Gasteiger charge is -1.98. The molecule has 0 saturated heterocycles. The summed E-state index contributed by atoms with van der Waals surface area (Å²) in [7, 11) is 0. The molecule has 4 nitrogen and oxygen atoms in total. The van der Waals surface area contributed by atoms with Gasteiger partial charge in [-0.05, 0) is 17.3 Å². The minimum Gasteiger partial charge on any atom is -0.293 e. The summed E-state index contributed by atoms with van der Waals surface area (Å²) < 4.78 is 13.1. The molecule has 0 radical (unpaired) electrons. The molecule has 0 fully saturated rings. The van der Waals surface area contributed by atoms with Crippen molar-refractivity contribution in [1.82, 2.24) is 0 Å². The highest BCUT2D eigenvalue weighted by molar-refractivity contribution is 5.97. The van der Waals surface area contributed by atoms with Crippen LogP contribution in [0, 0.1) is 22.1 Å². The van der Waals surface area contributed by atoms with E-state index in [2.05, 4.69) is 5.18 Å². The number of ketones is 1. The van der Waals surface area contributed by atoms with Crippen LogP contribution in [0.3, 0.4) is 0 Å². The Morgan fingerprint density at radius 2 is 2.29 bits per heavy atom. The van der Waals surface area contributed by atoms with Crippen molar-refractivity contribution >= 4 is 11.5 Å². The Labute approximate surface area is 78.9 Å². The molecule has 0 aromatic heterocycles. The fraction of sp³-hybridized carbons (Fsp3) is 0.111. The van der Waals surface area contributed by atoms with E-state index in [1.165, 1.54) is 6.07 Å². The van der Waals surface area contributed by atoms with E-state index in [9.17, 15) is 14.1 Å². The number of rotatable bonds is 3. The van der Waals surface area contributed by atoms with Crippen molar-refractivity contribution in [3.05, 3.63) is 34.5 Å². The summed E-state index contributed by atoms with van der Waals surface area (Å²) in [6, 6.07) is 4.85. The van der Waals surface area contributed by atoms with Gasteiger partial charge in [0.25, 0.3) is 0 Å². The number of Topliss-reactive ketones (excluding diaryl/α,β-unsaturated/α-hetero) is 1. The van der Waals surface area contributed by atoms with Crippen molar-refractivity contribution in [2.45, 2.75) is 6.42 Å². The maximum absolute atomic E-state index is 13.1. The van der Waals surface area contributed by atoms with Gasteiger partial charge in [-0.3, -0.25) is 4.79 Å². The van der Waals surface area contributed by atoms with Crippen LogP contribution in [0.1, 0.15) is 16.8 Å². The van der Waals surface area contributed by atoms with Crippen LogP contribution in [-0.4, -0.2) is 5.78 Å². The van der Waals surface area contributed by atoms with Crippen molar-refractivity contribution in [2.24, 2.45) is 5.18 Å². The van der Waals surface area contributed by atoms with Gasteiger partial charge < -0.3 is 0 Å². The minimum absolute atomic E-state index is 0.0870. The second kappa shape index (κ2) is 4.23. The Kier molecular flexibility index (Phi) is 3.02. The molecule has 0 bridgehead atoms. The lowest BCUT2D eigenvalue weighted by molar-refractivity contribution is 0.0994. The van der Waals surface area contributed by atoms with E-state index in [1.54, 1.807) is 6.07 Å². The van der Waals surface area contributed by atoms with Crippen LogP contribution in [0.4, 0.5) is 10.1 Å². The van der Waals surface area contributed by atoms with Gasteiger partial charge in [0, 0.05) is 6.07 Å². The van der Waals surface area contributed by atoms with Gasteiger partial charge >= 0.3 is 0 Å². The molecule has 0 saturated carbocycles. The molecule has 14 heavy (non-hydrogen) atoms. The van der Waals surface area contributed by atoms with Gasteiger partial charge in [0.15, 0.2) is 5.78 Å². The topological polar surface area (TPSA) is 70.3 Å². The minimum atomic E-state index is -0.831. The van der Waals surface area contributed by atoms with E-state index in [4.69, 9.17) is 5.26 Å². The average Bonchev–Trinajstić information content (AvgIpc) is 2.17. The first kappa shape index (κ1) is 9.99. The monoisotopic (exact) mass is 192 g/mol. The number of carbonyl (C=O) groups excluding carboxylic acids is 1. The molecule has 0 atom stereocenters. The Balaban J connectivity index is 3.07. The first-order chi connectivity index (χ1) is 6.69. The Morgan fingerprint density at radius 3 is 2.79 bits per heavy atom. The third kappa shape index (κ3) is 1.98. The number of hydrogen-bond donors (Lipinski definition) is 0. The second-order valence-corrected chi connectivity index (χ2v) is 2.51. The largest absolute Gasteiger partial charge is 0.293 e. The SMILES string of the molecule is N#CCC(=O)c1ccc(N=O)cc1F. The van der Waals surface area contributed by atoms with Gasteiger partial charge in [0.05, 0.1) is 18.1 Å². The standard InChI is InChI=1S/C9H5FN2O2/c10-8-5-6(12-14)1-2-7(8)9(13)3-4-11/h1-2,5H,3H2. The summed E-state index contributed by atoms with van der Waals surface area (Å²) in [5, 5.41) is 10.7. The lowest BCUT2D eigenvalue weighted by atomic mass is 10.1. The summed E-state index contributed by atoms with van der Waals surface area (Å²) in [5.74, 6) is -1.44. The van der Waals surface area contributed by atoms with Crippen molar-refractivity contribution in [1.29, 1.82) is 5.26 Å². The molecule has 0 aliphatic heterocycles. The molecule has 0 aliphatic rings. The van der Waals surface area contributed by atoms with E-state index in [0.717, 1.165) is 12.1 Å². The summed E-state index contributed by atoms with van der Waals surface area (Å²) in [5.41, 5.74) is -0.282. The third-order valence-electron chi connectivity index (χ3n) is 1.60. The summed E-state index contributed by atoms with van der Waals surface area (Å²) in [6.07, 6.45) is -0.384. The molecule has 70 valence electrons. The number of hydrogen-bond acceptors (Lipinski definition) is 4. The molecule has 1 aromatic carbocycles. The Bertz CT molecular complexity index is 423. The van der Waals surface area contributed by atoms with Crippen molar-refractivity contribution in [3.8, 4) is 6.07 Å². The third-order valence-corrected chi connectivity index (χ3v) is 1.60. The number of nitrogens with zero attached hydrogens (tertiary/aromatic N) is 2. The van der Waals surface area contributed by atoms with E-state index in [1.807, 2.05) is 0 Å². The smallest absolute Gasteiger partial charge is 0.179 e. The van der Waals surface area contributed by atoms with Gasteiger partial charge in [-0.1, -0.05) is 0 Å². The lowest BCUT2D eigenvalue weighted by Crippen LogP contribution is -2.00. The van der Waals surface area contributed by atoms with Crippen molar-refractivity contribution in [3.63, 3.8) is 0 Å². The van der Waals surface area contributed by atoms with E-state index in [-0.39, 0.29) is 17.7 Å². The highest BCUT2D eigenvalue weighted by Gasteiger charge is 2.11. The predicted molar refractivity (Wildman–Crippen MR) is 46.4 cm³/mol. The van der Waals surface area contributed by atoms with E-state index < -0.39 is 11.6 Å². The predicted octanol–water partition coefficient (Wildman–Crippen LogP) is 2.32. The maximum atomic E-state index is 13.1. The first-order valence-electron chi connectivity index (χ1n) is 3.72. The summed E-state index contributed by atoms with van der Waals surface area (Å²) in [6.45, 7) is 0. The fourth-order valence-corrected chi connectivity index (χ4v) is 0.954. The molecule has 1 aromatic rings. The van der Waals surface area contributed by atoms with Gasteiger partial charge in [0.2, 0.25) is 0 Å². The molecule has 0 spiro atoms. The molecule has 0 N–H and O–H groups in total. The van der Waals surface area contributed by atoms with Crippen LogP contribution in [0.5, 0.6) is 0 Å². The van der Waals surface area contributed by atoms with Crippen LogP contribution in [0.2, 0.25) is 0 Å². The Hall–Kier alpha value is -2.09. The highest BCUT2D eigenvalue weighted by Crippen LogP contribution is 2.17. The van der Waals surface area contributed by atoms with Crippen LogP contribution >= 0.6 is 0 Å². The molecule has 5 heteroatoms. The normalized spacial score (nSPS) is 9.14. The summed E-state index contributed by atoms with van der Waals surface area (Å²) in [4.78, 5) is 21.1. The fourth-order valence-electron chi connectivity index (χ4n) is 0.954. The van der Waals surface area contributed by atoms with Gasteiger partial charge in [-0.25, -0.2) is 4.39 Å². The number of benzene rings is 1. The van der Waals surface area contributed by atoms with Gasteiger partial charge in [-0.2, -0.15) is 5.26 Å². The molecule has 0 heterocycles. The quantitative estimate of drug-likeness (QED) is 0.545. The molecular weight excluding hydrogens is 187 g/mol. The number of nitroso groups, excluding NO2 is 1. The van der Waals surface area contributed by atoms with Crippen LogP contribution < -0.4 is 0 Å². The second-order valence-electron chi connectivity index (χ2n) is 2.51. The molecular formula is C9H5FN2O2. The number of carbonyl (C=O) groups is 1. The van der Waals surface area contributed by atoms with Crippen LogP contribution in [0.25, 0.3) is 0 Å². The van der Waals surface area contributed by atoms with Gasteiger partial charge in [0.1, 0.15) is 11.5 Å². The zero-order valence-electron chi connectivity index (χ0n) is 7.03. The van der Waals surface area contributed by atoms with Crippen LogP contribution in [0.15, 0.2) is 23.4 Å². The number of nitriles is 1. The van der Waals surface area contributed by atoms with E-state index in [0.29, 0.717) is 0 Å². The van der Waals surface area contributed by atoms with Crippen LogP contribution in [-0.2, 0) is 0 Å². The Morgan fingerprint density at radius 1 is 1.57 bits per heavy atom. The molecule has 0 amide bonds. The van der Waals surface area contributed by atoms with E-state index >= 15 is 0 Å². The molecule has 0 aliphatic carbocycles. The zero-order chi connectivity index (χ0) is 10.6. The zero-order valence-corrected chi connectivity index (χ0v) is 7.03. The van der Waals surface area contributed by atoms with Gasteiger partial charge in [-0.15, -0.1) is 4.91 Å².